The van der Waals surface area contributed by atoms with Crippen LogP contribution in [-0.4, -0.2) is 14.6 Å². The smallest absolute Gasteiger partial charge is 0.123 e. The monoisotopic (exact) mass is 271 g/mol. The number of benzene rings is 1. The lowest BCUT2D eigenvalue weighted by molar-refractivity contribution is 0.605. The van der Waals surface area contributed by atoms with Crippen molar-refractivity contribution in [2.75, 3.05) is 0 Å². The summed E-state index contributed by atoms with van der Waals surface area (Å²) in [6.07, 6.45) is 6.82. The van der Waals surface area contributed by atoms with Crippen LogP contribution < -0.4 is 11.3 Å². The van der Waals surface area contributed by atoms with Crippen LogP contribution in [0.3, 0.4) is 0 Å². The molecule has 0 amide bonds. The van der Waals surface area contributed by atoms with E-state index in [9.17, 15) is 4.39 Å². The summed E-state index contributed by atoms with van der Waals surface area (Å²) in [6.45, 7) is 1.85. The van der Waals surface area contributed by atoms with E-state index >= 15 is 0 Å². The maximum absolute atomic E-state index is 13.6. The summed E-state index contributed by atoms with van der Waals surface area (Å²) in [4.78, 5) is 4.09. The lowest BCUT2D eigenvalue weighted by Gasteiger charge is -2.16. The van der Waals surface area contributed by atoms with Crippen LogP contribution in [0.5, 0.6) is 0 Å². The Labute approximate surface area is 115 Å². The van der Waals surface area contributed by atoms with Crippen molar-refractivity contribution in [1.82, 2.24) is 20.0 Å². The van der Waals surface area contributed by atoms with E-state index < -0.39 is 0 Å². The molecule has 1 atom stereocenters. The highest BCUT2D eigenvalue weighted by atomic mass is 19.1. The van der Waals surface area contributed by atoms with Gasteiger partial charge in [-0.3, -0.25) is 10.8 Å². The molecule has 2 aromatic heterocycles. The fourth-order valence-corrected chi connectivity index (χ4v) is 2.37. The fourth-order valence-electron chi connectivity index (χ4n) is 2.37. The third kappa shape index (κ3) is 2.15. The number of rotatable bonds is 3. The van der Waals surface area contributed by atoms with Crippen molar-refractivity contribution in [2.45, 2.75) is 13.0 Å². The van der Waals surface area contributed by atoms with Crippen LogP contribution in [0.2, 0.25) is 0 Å². The van der Waals surface area contributed by atoms with Crippen molar-refractivity contribution in [3.05, 3.63) is 65.5 Å². The Bertz CT molecular complexity index is 732. The minimum atomic E-state index is -0.342. The standard InChI is InChI=1S/C14H14FN5/c1-9-4-10(6-11(15)5-9)14(19-16)12-7-18-20-3-2-17-8-13(12)20/h2-8,14,19H,16H2,1H3. The SMILES string of the molecule is Cc1cc(F)cc(C(NN)c2cnn3ccncc23)c1. The summed E-state index contributed by atoms with van der Waals surface area (Å²) in [5.41, 5.74) is 6.00. The van der Waals surface area contributed by atoms with Gasteiger partial charge in [-0.05, 0) is 30.2 Å². The molecule has 0 saturated carbocycles. The van der Waals surface area contributed by atoms with Gasteiger partial charge < -0.3 is 0 Å². The molecular formula is C14H14FN5. The number of hydrazine groups is 1. The van der Waals surface area contributed by atoms with E-state index in [0.29, 0.717) is 0 Å². The van der Waals surface area contributed by atoms with Gasteiger partial charge in [0.15, 0.2) is 0 Å². The Morgan fingerprint density at radius 3 is 2.90 bits per heavy atom. The van der Waals surface area contributed by atoms with E-state index in [1.165, 1.54) is 12.1 Å². The predicted molar refractivity (Wildman–Crippen MR) is 73.3 cm³/mol. The largest absolute Gasteiger partial charge is 0.271 e. The molecule has 0 saturated heterocycles. The molecule has 102 valence electrons. The van der Waals surface area contributed by atoms with Gasteiger partial charge in [0.2, 0.25) is 0 Å². The van der Waals surface area contributed by atoms with Crippen LogP contribution in [0.25, 0.3) is 5.52 Å². The van der Waals surface area contributed by atoms with Crippen molar-refractivity contribution in [3.8, 4) is 0 Å². The quantitative estimate of drug-likeness (QED) is 0.562. The van der Waals surface area contributed by atoms with Crippen LogP contribution in [-0.2, 0) is 0 Å². The molecule has 3 aromatic rings. The Kier molecular flexibility index (Phi) is 3.17. The van der Waals surface area contributed by atoms with E-state index in [2.05, 4.69) is 15.5 Å². The summed E-state index contributed by atoms with van der Waals surface area (Å²) in [6, 6.07) is 4.51. The van der Waals surface area contributed by atoms with E-state index in [1.807, 2.05) is 13.0 Å². The molecule has 6 heteroatoms. The van der Waals surface area contributed by atoms with Crippen LogP contribution in [0.4, 0.5) is 4.39 Å². The Balaban J connectivity index is 2.14. The average molecular weight is 271 g/mol. The molecule has 0 bridgehead atoms. The first-order valence-electron chi connectivity index (χ1n) is 6.19. The average Bonchev–Trinajstić information content (AvgIpc) is 2.83. The highest BCUT2D eigenvalue weighted by Gasteiger charge is 2.18. The third-order valence-electron chi connectivity index (χ3n) is 3.23. The van der Waals surface area contributed by atoms with Gasteiger partial charge in [-0.1, -0.05) is 6.07 Å². The predicted octanol–water partition coefficient (Wildman–Crippen LogP) is 1.73. The number of fused-ring (bicyclic) bond motifs is 1. The third-order valence-corrected chi connectivity index (χ3v) is 3.23. The Morgan fingerprint density at radius 2 is 2.15 bits per heavy atom. The van der Waals surface area contributed by atoms with E-state index in [1.54, 1.807) is 29.3 Å². The van der Waals surface area contributed by atoms with Gasteiger partial charge >= 0.3 is 0 Å². The molecule has 0 radical (unpaired) electrons. The van der Waals surface area contributed by atoms with Gasteiger partial charge in [0.1, 0.15) is 5.82 Å². The zero-order chi connectivity index (χ0) is 14.1. The lowest BCUT2D eigenvalue weighted by atomic mass is 9.99. The minimum Gasteiger partial charge on any atom is -0.271 e. The highest BCUT2D eigenvalue weighted by molar-refractivity contribution is 5.55. The number of nitrogens with zero attached hydrogens (tertiary/aromatic N) is 3. The number of halogens is 1. The summed E-state index contributed by atoms with van der Waals surface area (Å²) in [7, 11) is 0. The second-order valence-corrected chi connectivity index (χ2v) is 4.67. The molecule has 5 nitrogen and oxygen atoms in total. The second kappa shape index (κ2) is 4.99. The molecule has 3 rings (SSSR count). The van der Waals surface area contributed by atoms with Crippen LogP contribution in [0.15, 0.2) is 43.0 Å². The number of hydrogen-bond acceptors (Lipinski definition) is 4. The summed E-state index contributed by atoms with van der Waals surface area (Å²) < 4.78 is 15.3. The molecule has 0 fully saturated rings. The van der Waals surface area contributed by atoms with Gasteiger partial charge in [-0.15, -0.1) is 0 Å². The Hall–Kier alpha value is -2.31. The van der Waals surface area contributed by atoms with Crippen molar-refractivity contribution >= 4 is 5.52 Å². The van der Waals surface area contributed by atoms with Crippen molar-refractivity contribution in [1.29, 1.82) is 0 Å². The first-order valence-corrected chi connectivity index (χ1v) is 6.19. The number of aromatic nitrogens is 3. The molecule has 2 heterocycles. The maximum Gasteiger partial charge on any atom is 0.123 e. The first kappa shape index (κ1) is 12.7. The molecule has 0 spiro atoms. The number of nitrogens with one attached hydrogen (secondary N) is 1. The van der Waals surface area contributed by atoms with Gasteiger partial charge in [0.25, 0.3) is 0 Å². The molecule has 0 aliphatic carbocycles. The summed E-state index contributed by atoms with van der Waals surface area (Å²) in [5, 5.41) is 4.25. The van der Waals surface area contributed by atoms with Gasteiger partial charge in [0.05, 0.1) is 24.0 Å². The molecule has 1 aromatic carbocycles. The summed E-state index contributed by atoms with van der Waals surface area (Å²) >= 11 is 0. The van der Waals surface area contributed by atoms with Gasteiger partial charge in [-0.25, -0.2) is 14.3 Å². The number of nitrogens with two attached hydrogens (primary N) is 1. The highest BCUT2D eigenvalue weighted by Crippen LogP contribution is 2.26. The lowest BCUT2D eigenvalue weighted by Crippen LogP contribution is -2.29. The van der Waals surface area contributed by atoms with Gasteiger partial charge in [0, 0.05) is 18.0 Å². The van der Waals surface area contributed by atoms with Crippen LogP contribution >= 0.6 is 0 Å². The molecule has 0 aliphatic heterocycles. The van der Waals surface area contributed by atoms with Crippen molar-refractivity contribution in [3.63, 3.8) is 0 Å². The van der Waals surface area contributed by atoms with E-state index in [-0.39, 0.29) is 11.9 Å². The number of hydrogen-bond donors (Lipinski definition) is 2. The zero-order valence-corrected chi connectivity index (χ0v) is 10.9. The maximum atomic E-state index is 13.6. The van der Waals surface area contributed by atoms with Crippen molar-refractivity contribution in [2.24, 2.45) is 5.84 Å². The first-order chi connectivity index (χ1) is 9.69. The summed E-state index contributed by atoms with van der Waals surface area (Å²) in [5.74, 6) is 5.37. The van der Waals surface area contributed by atoms with Crippen LogP contribution in [0.1, 0.15) is 22.7 Å². The van der Waals surface area contributed by atoms with Gasteiger partial charge in [-0.2, -0.15) is 5.10 Å². The molecule has 20 heavy (non-hydrogen) atoms. The zero-order valence-electron chi connectivity index (χ0n) is 10.9. The van der Waals surface area contributed by atoms with Crippen LogP contribution in [0, 0.1) is 12.7 Å². The second-order valence-electron chi connectivity index (χ2n) is 4.67. The topological polar surface area (TPSA) is 68.2 Å². The fraction of sp³-hybridized carbons (Fsp3) is 0.143. The molecule has 1 unspecified atom stereocenters. The van der Waals surface area contributed by atoms with E-state index in [4.69, 9.17) is 5.84 Å². The van der Waals surface area contributed by atoms with Crippen molar-refractivity contribution < 1.29 is 4.39 Å². The van der Waals surface area contributed by atoms with E-state index in [0.717, 1.165) is 22.2 Å². The number of aryl methyl sites for hydroxylation is 1. The normalized spacial score (nSPS) is 12.8. The Morgan fingerprint density at radius 1 is 1.30 bits per heavy atom. The molecule has 3 N–H and O–H groups in total. The molecule has 0 aliphatic rings. The minimum absolute atomic E-state index is 0.283. The molecular weight excluding hydrogens is 257 g/mol.